The summed E-state index contributed by atoms with van der Waals surface area (Å²) in [6.07, 6.45) is 1.25. The van der Waals surface area contributed by atoms with E-state index in [1.54, 1.807) is 18.2 Å². The van der Waals surface area contributed by atoms with Crippen LogP contribution in [0.2, 0.25) is 5.02 Å². The summed E-state index contributed by atoms with van der Waals surface area (Å²) in [5.74, 6) is -1.30. The number of benzene rings is 3. The normalized spacial score (nSPS) is 11.3. The number of nitrogens with zero attached hydrogens (tertiary/aromatic N) is 4. The molecule has 200 valence electrons. The first kappa shape index (κ1) is 27.9. The summed E-state index contributed by atoms with van der Waals surface area (Å²) in [6.45, 7) is 3.10. The lowest BCUT2D eigenvalue weighted by Crippen LogP contribution is -2.23. The van der Waals surface area contributed by atoms with Gasteiger partial charge in [0.1, 0.15) is 11.6 Å². The van der Waals surface area contributed by atoms with E-state index in [2.05, 4.69) is 31.3 Å². The Bertz CT molecular complexity index is 1690. The molecule has 4 aromatic rings. The molecule has 39 heavy (non-hydrogen) atoms. The molecule has 0 aliphatic heterocycles. The minimum absolute atomic E-state index is 0.152. The molecule has 0 aliphatic rings. The van der Waals surface area contributed by atoms with Gasteiger partial charge in [-0.05, 0) is 42.5 Å². The van der Waals surface area contributed by atoms with E-state index in [1.807, 2.05) is 13.8 Å². The maximum atomic E-state index is 13.3. The fraction of sp³-hybridized carbons (Fsp3) is 0.154. The molecule has 0 bridgehead atoms. The van der Waals surface area contributed by atoms with Gasteiger partial charge in [-0.15, -0.1) is 0 Å². The third-order valence-corrected chi connectivity index (χ3v) is 6.15. The first-order valence-electron chi connectivity index (χ1n) is 11.5. The number of ether oxygens (including phenoxy) is 1. The monoisotopic (exact) mass is 615 g/mol. The largest absolute Gasteiger partial charge is 0.476 e. The van der Waals surface area contributed by atoms with Crippen LogP contribution in [0.15, 0.2) is 69.0 Å². The van der Waals surface area contributed by atoms with Crippen molar-refractivity contribution in [2.75, 3.05) is 11.9 Å². The Balaban J connectivity index is 1.63. The highest BCUT2D eigenvalue weighted by Crippen LogP contribution is 2.36. The number of hydrogen-bond acceptors (Lipinski definition) is 7. The average molecular weight is 617 g/mol. The van der Waals surface area contributed by atoms with Crippen LogP contribution in [0.4, 0.5) is 15.8 Å². The van der Waals surface area contributed by atoms with E-state index in [4.69, 9.17) is 16.3 Å². The van der Waals surface area contributed by atoms with Crippen molar-refractivity contribution in [3.8, 4) is 5.75 Å². The number of hydrogen-bond donors (Lipinski definition) is 1. The number of fused-ring (bicyclic) bond motifs is 1. The Morgan fingerprint density at radius 3 is 2.74 bits per heavy atom. The lowest BCUT2D eigenvalue weighted by Gasteiger charge is -2.12. The van der Waals surface area contributed by atoms with E-state index in [-0.39, 0.29) is 27.9 Å². The van der Waals surface area contributed by atoms with Crippen LogP contribution >= 0.6 is 27.5 Å². The standard InChI is InChI=1S/C26H20BrClFN5O5/c1-14(2)25-32-21-7-6-16(27)10-19(21)26(36)33(25)30-12-15-8-20(28)24(22(9-15)34(37)38)39-13-23(35)31-18-5-3-4-17(29)11-18/h3-12,14H,13H2,1-2H3,(H,31,35). The van der Waals surface area contributed by atoms with Crippen LogP contribution in [0.1, 0.15) is 31.2 Å². The summed E-state index contributed by atoms with van der Waals surface area (Å²) < 4.78 is 20.5. The lowest BCUT2D eigenvalue weighted by atomic mass is 10.2. The van der Waals surface area contributed by atoms with Crippen LogP contribution in [-0.4, -0.2) is 33.3 Å². The number of aromatic nitrogens is 2. The van der Waals surface area contributed by atoms with E-state index < -0.39 is 34.5 Å². The Kier molecular flexibility index (Phi) is 8.36. The molecule has 3 aromatic carbocycles. The first-order chi connectivity index (χ1) is 18.5. The summed E-state index contributed by atoms with van der Waals surface area (Å²) in [4.78, 5) is 41.0. The summed E-state index contributed by atoms with van der Waals surface area (Å²) >= 11 is 9.62. The Morgan fingerprint density at radius 2 is 2.05 bits per heavy atom. The molecule has 4 rings (SSSR count). The van der Waals surface area contributed by atoms with Crippen molar-refractivity contribution in [1.29, 1.82) is 0 Å². The van der Waals surface area contributed by atoms with E-state index in [0.29, 0.717) is 21.2 Å². The van der Waals surface area contributed by atoms with Crippen molar-refractivity contribution in [2.45, 2.75) is 19.8 Å². The Morgan fingerprint density at radius 1 is 1.28 bits per heavy atom. The number of anilines is 1. The minimum Gasteiger partial charge on any atom is -0.476 e. The van der Waals surface area contributed by atoms with Gasteiger partial charge < -0.3 is 10.1 Å². The quantitative estimate of drug-likeness (QED) is 0.150. The van der Waals surface area contributed by atoms with Crippen molar-refractivity contribution in [1.82, 2.24) is 9.66 Å². The minimum atomic E-state index is -0.718. The molecule has 1 amide bonds. The van der Waals surface area contributed by atoms with Crippen LogP contribution in [0, 0.1) is 15.9 Å². The van der Waals surface area contributed by atoms with Crippen LogP contribution in [0.25, 0.3) is 10.9 Å². The van der Waals surface area contributed by atoms with Gasteiger partial charge in [-0.1, -0.05) is 47.4 Å². The maximum Gasteiger partial charge on any atom is 0.313 e. The zero-order valence-corrected chi connectivity index (χ0v) is 22.9. The lowest BCUT2D eigenvalue weighted by molar-refractivity contribution is -0.385. The van der Waals surface area contributed by atoms with Gasteiger partial charge in [-0.25, -0.2) is 9.37 Å². The molecule has 13 heteroatoms. The van der Waals surface area contributed by atoms with E-state index >= 15 is 0 Å². The Labute approximate surface area is 234 Å². The molecular weight excluding hydrogens is 597 g/mol. The molecule has 1 aromatic heterocycles. The summed E-state index contributed by atoms with van der Waals surface area (Å²) in [6, 6.07) is 12.9. The molecular formula is C26H20BrClFN5O5. The van der Waals surface area contributed by atoms with Gasteiger partial charge in [-0.2, -0.15) is 9.78 Å². The highest BCUT2D eigenvalue weighted by Gasteiger charge is 2.22. The molecule has 0 saturated heterocycles. The third kappa shape index (κ3) is 6.47. The smallest absolute Gasteiger partial charge is 0.313 e. The predicted octanol–water partition coefficient (Wildman–Crippen LogP) is 5.88. The zero-order chi connectivity index (χ0) is 28.3. The van der Waals surface area contributed by atoms with Gasteiger partial charge in [-0.3, -0.25) is 19.7 Å². The molecule has 0 saturated carbocycles. The van der Waals surface area contributed by atoms with Gasteiger partial charge in [0, 0.05) is 27.7 Å². The van der Waals surface area contributed by atoms with Crippen LogP contribution in [0.3, 0.4) is 0 Å². The van der Waals surface area contributed by atoms with E-state index in [0.717, 1.165) is 16.8 Å². The van der Waals surface area contributed by atoms with Crippen molar-refractivity contribution >= 4 is 61.9 Å². The van der Waals surface area contributed by atoms with Crippen molar-refractivity contribution in [3.63, 3.8) is 0 Å². The number of carbonyl (C=O) groups excluding carboxylic acids is 1. The van der Waals surface area contributed by atoms with Gasteiger partial charge >= 0.3 is 5.69 Å². The molecule has 0 fully saturated rings. The van der Waals surface area contributed by atoms with Crippen LogP contribution in [0.5, 0.6) is 5.75 Å². The molecule has 0 atom stereocenters. The number of amides is 1. The zero-order valence-electron chi connectivity index (χ0n) is 20.5. The van der Waals surface area contributed by atoms with Gasteiger partial charge in [0.25, 0.3) is 11.5 Å². The Hall–Kier alpha value is -4.16. The second-order valence-electron chi connectivity index (χ2n) is 8.60. The SMILES string of the molecule is CC(C)c1nc2ccc(Br)cc2c(=O)n1N=Cc1cc(Cl)c(OCC(=O)Nc2cccc(F)c2)c([N+](=O)[O-])c1. The van der Waals surface area contributed by atoms with Crippen LogP contribution < -0.4 is 15.6 Å². The van der Waals surface area contributed by atoms with Crippen LogP contribution in [-0.2, 0) is 4.79 Å². The summed E-state index contributed by atoms with van der Waals surface area (Å²) in [7, 11) is 0. The number of nitro benzene ring substituents is 1. The van der Waals surface area contributed by atoms with Crippen molar-refractivity contribution in [3.05, 3.63) is 102 Å². The number of nitro groups is 1. The maximum absolute atomic E-state index is 13.3. The average Bonchev–Trinajstić information content (AvgIpc) is 2.87. The number of nitrogens with one attached hydrogen (secondary N) is 1. The van der Waals surface area contributed by atoms with E-state index in [1.165, 1.54) is 30.5 Å². The third-order valence-electron chi connectivity index (χ3n) is 5.37. The molecule has 1 N–H and O–H groups in total. The number of halogens is 3. The summed E-state index contributed by atoms with van der Waals surface area (Å²) in [5.41, 5.74) is -0.00732. The second-order valence-corrected chi connectivity index (χ2v) is 9.93. The molecule has 0 radical (unpaired) electrons. The molecule has 0 aliphatic carbocycles. The molecule has 1 heterocycles. The molecule has 0 unspecified atom stereocenters. The first-order valence-corrected chi connectivity index (χ1v) is 12.6. The highest BCUT2D eigenvalue weighted by atomic mass is 79.9. The molecule has 10 nitrogen and oxygen atoms in total. The predicted molar refractivity (Wildman–Crippen MR) is 149 cm³/mol. The van der Waals surface area contributed by atoms with E-state index in [9.17, 15) is 24.1 Å². The van der Waals surface area contributed by atoms with Gasteiger partial charge in [0.2, 0.25) is 5.75 Å². The fourth-order valence-corrected chi connectivity index (χ4v) is 4.27. The topological polar surface area (TPSA) is 129 Å². The highest BCUT2D eigenvalue weighted by molar-refractivity contribution is 9.10. The second kappa shape index (κ2) is 11.7. The van der Waals surface area contributed by atoms with Gasteiger partial charge in [0.05, 0.1) is 27.1 Å². The summed E-state index contributed by atoms with van der Waals surface area (Å²) in [5, 5.41) is 18.6. The van der Waals surface area contributed by atoms with Gasteiger partial charge in [0.15, 0.2) is 6.61 Å². The fourth-order valence-electron chi connectivity index (χ4n) is 3.63. The number of rotatable bonds is 8. The van der Waals surface area contributed by atoms with Crippen molar-refractivity contribution < 1.29 is 18.8 Å². The number of carbonyl (C=O) groups is 1. The molecule has 0 spiro atoms. The van der Waals surface area contributed by atoms with Crippen molar-refractivity contribution in [2.24, 2.45) is 5.10 Å².